The van der Waals surface area contributed by atoms with Crippen molar-refractivity contribution in [2.24, 2.45) is 0 Å². The molecule has 1 aliphatic rings. The van der Waals surface area contributed by atoms with Gasteiger partial charge in [-0.25, -0.2) is 0 Å². The number of hydrogen-bond acceptors (Lipinski definition) is 7. The Balaban J connectivity index is 1.91. The van der Waals surface area contributed by atoms with E-state index in [1.165, 1.54) is 24.3 Å². The third kappa shape index (κ3) is 3.11. The van der Waals surface area contributed by atoms with Gasteiger partial charge in [-0.2, -0.15) is 0 Å². The summed E-state index contributed by atoms with van der Waals surface area (Å²) < 4.78 is 10.4. The first-order valence-corrected chi connectivity index (χ1v) is 6.00. The normalized spacial score (nSPS) is 29.6. The summed E-state index contributed by atoms with van der Waals surface area (Å²) in [6, 6.07) is 5.74. The summed E-state index contributed by atoms with van der Waals surface area (Å²) in [6.45, 7) is -0.361. The Kier molecular flexibility index (Phi) is 4.63. The summed E-state index contributed by atoms with van der Waals surface area (Å²) in [7, 11) is 0. The predicted molar refractivity (Wildman–Crippen MR) is 65.6 cm³/mol. The van der Waals surface area contributed by atoms with E-state index in [0.717, 1.165) is 0 Å². The van der Waals surface area contributed by atoms with Crippen LogP contribution >= 0.6 is 0 Å². The van der Waals surface area contributed by atoms with E-state index in [-0.39, 0.29) is 12.3 Å². The topological polar surface area (TPSA) is 122 Å². The zero-order valence-corrected chi connectivity index (χ0v) is 10.5. The fourth-order valence-electron chi connectivity index (χ4n) is 1.90. The van der Waals surface area contributed by atoms with Crippen LogP contribution in [0.5, 0.6) is 0 Å². The molecule has 110 valence electrons. The highest BCUT2D eigenvalue weighted by Gasteiger charge is 2.42. The average molecular weight is 285 g/mol. The van der Waals surface area contributed by atoms with Crippen LogP contribution in [-0.4, -0.2) is 51.5 Å². The molecule has 1 aromatic rings. The van der Waals surface area contributed by atoms with Crippen molar-refractivity contribution in [3.8, 4) is 0 Å². The van der Waals surface area contributed by atoms with Gasteiger partial charge in [-0.1, -0.05) is 0 Å². The number of hydrogen-bond donors (Lipinski definition) is 3. The summed E-state index contributed by atoms with van der Waals surface area (Å²) in [4.78, 5) is 9.99. The van der Waals surface area contributed by atoms with E-state index in [2.05, 4.69) is 0 Å². The summed E-state index contributed by atoms with van der Waals surface area (Å²) in [6.07, 6.45) is -4.38. The summed E-state index contributed by atoms with van der Waals surface area (Å²) in [5, 5.41) is 38.6. The molecule has 2 rings (SSSR count). The Morgan fingerprint density at radius 2 is 1.90 bits per heavy atom. The maximum Gasteiger partial charge on any atom is 0.269 e. The number of ether oxygens (including phenoxy) is 2. The van der Waals surface area contributed by atoms with Gasteiger partial charge in [-0.3, -0.25) is 10.1 Å². The van der Waals surface area contributed by atoms with Crippen molar-refractivity contribution in [2.75, 3.05) is 6.61 Å². The highest BCUT2D eigenvalue weighted by molar-refractivity contribution is 5.32. The number of aliphatic hydroxyl groups is 3. The largest absolute Gasteiger partial charge is 0.394 e. The van der Waals surface area contributed by atoms with Crippen molar-refractivity contribution in [1.82, 2.24) is 0 Å². The van der Waals surface area contributed by atoms with E-state index in [4.69, 9.17) is 14.6 Å². The van der Waals surface area contributed by atoms with Gasteiger partial charge < -0.3 is 24.8 Å². The van der Waals surface area contributed by atoms with Gasteiger partial charge in [0.1, 0.15) is 18.3 Å². The van der Waals surface area contributed by atoms with E-state index in [1.807, 2.05) is 0 Å². The molecular weight excluding hydrogens is 270 g/mol. The van der Waals surface area contributed by atoms with Crippen LogP contribution in [0.4, 0.5) is 5.69 Å². The van der Waals surface area contributed by atoms with Gasteiger partial charge in [0.25, 0.3) is 5.69 Å². The summed E-state index contributed by atoms with van der Waals surface area (Å²) in [5.74, 6) is 0. The van der Waals surface area contributed by atoms with E-state index in [1.54, 1.807) is 0 Å². The SMILES string of the molecule is O=[N+]([O-])c1ccc(COC2O[C@H](CO)[C@@H](O)[C@@H]2O)cc1. The molecule has 0 amide bonds. The maximum absolute atomic E-state index is 10.5. The van der Waals surface area contributed by atoms with E-state index in [9.17, 15) is 20.3 Å². The number of nitro benzene ring substituents is 1. The minimum absolute atomic E-state index is 0.0262. The highest BCUT2D eigenvalue weighted by Crippen LogP contribution is 2.23. The molecule has 0 radical (unpaired) electrons. The van der Waals surface area contributed by atoms with Crippen LogP contribution in [-0.2, 0) is 16.1 Å². The van der Waals surface area contributed by atoms with Crippen molar-refractivity contribution >= 4 is 5.69 Å². The first kappa shape index (κ1) is 14.8. The first-order valence-electron chi connectivity index (χ1n) is 6.00. The smallest absolute Gasteiger partial charge is 0.269 e. The number of nitro groups is 1. The van der Waals surface area contributed by atoms with Gasteiger partial charge in [-0.15, -0.1) is 0 Å². The second kappa shape index (κ2) is 6.25. The van der Waals surface area contributed by atoms with Crippen molar-refractivity contribution in [1.29, 1.82) is 0 Å². The molecule has 1 heterocycles. The minimum atomic E-state index is -1.25. The molecule has 8 heteroatoms. The van der Waals surface area contributed by atoms with Gasteiger partial charge in [0.05, 0.1) is 18.1 Å². The molecular formula is C12H15NO7. The van der Waals surface area contributed by atoms with Crippen LogP contribution in [0.1, 0.15) is 5.56 Å². The Morgan fingerprint density at radius 3 is 2.40 bits per heavy atom. The zero-order valence-electron chi connectivity index (χ0n) is 10.5. The first-order chi connectivity index (χ1) is 9.52. The minimum Gasteiger partial charge on any atom is -0.394 e. The molecule has 1 unspecified atom stereocenters. The predicted octanol–water partition coefficient (Wildman–Crippen LogP) is -0.450. The molecule has 4 atom stereocenters. The van der Waals surface area contributed by atoms with Crippen LogP contribution in [0.25, 0.3) is 0 Å². The van der Waals surface area contributed by atoms with E-state index < -0.39 is 36.1 Å². The molecule has 0 aromatic heterocycles. The van der Waals surface area contributed by atoms with Crippen molar-refractivity contribution in [2.45, 2.75) is 31.2 Å². The van der Waals surface area contributed by atoms with Gasteiger partial charge in [-0.05, 0) is 17.7 Å². The summed E-state index contributed by atoms with van der Waals surface area (Å²) in [5.41, 5.74) is 0.634. The lowest BCUT2D eigenvalue weighted by Gasteiger charge is -2.15. The highest BCUT2D eigenvalue weighted by atomic mass is 16.7. The number of rotatable bonds is 5. The van der Waals surface area contributed by atoms with Crippen molar-refractivity contribution in [3.63, 3.8) is 0 Å². The lowest BCUT2D eigenvalue weighted by atomic mass is 10.1. The molecule has 0 saturated carbocycles. The summed E-state index contributed by atoms with van der Waals surface area (Å²) >= 11 is 0. The fraction of sp³-hybridized carbons (Fsp3) is 0.500. The lowest BCUT2D eigenvalue weighted by Crippen LogP contribution is -2.34. The molecule has 1 aromatic carbocycles. The Morgan fingerprint density at radius 1 is 1.25 bits per heavy atom. The quantitative estimate of drug-likeness (QED) is 0.494. The number of benzene rings is 1. The monoisotopic (exact) mass is 285 g/mol. The van der Waals surface area contributed by atoms with E-state index >= 15 is 0 Å². The van der Waals surface area contributed by atoms with Gasteiger partial charge in [0.2, 0.25) is 0 Å². The van der Waals surface area contributed by atoms with Crippen LogP contribution in [0.15, 0.2) is 24.3 Å². The third-order valence-electron chi connectivity index (χ3n) is 3.06. The van der Waals surface area contributed by atoms with Gasteiger partial charge in [0.15, 0.2) is 6.29 Å². The standard InChI is InChI=1S/C12H15NO7/c14-5-9-10(15)11(16)12(20-9)19-6-7-1-3-8(4-2-7)13(17)18/h1-4,9-12,14-16H,5-6H2/t9-,10-,11+,12?/m1/s1. The molecule has 0 aliphatic carbocycles. The molecule has 1 saturated heterocycles. The number of nitrogens with zero attached hydrogens (tertiary/aromatic N) is 1. The fourth-order valence-corrected chi connectivity index (χ4v) is 1.90. The van der Waals surface area contributed by atoms with Crippen molar-refractivity contribution < 1.29 is 29.7 Å². The average Bonchev–Trinajstić information content (AvgIpc) is 2.73. The molecule has 0 bridgehead atoms. The van der Waals surface area contributed by atoms with Crippen LogP contribution < -0.4 is 0 Å². The number of non-ortho nitro benzene ring substituents is 1. The van der Waals surface area contributed by atoms with Crippen molar-refractivity contribution in [3.05, 3.63) is 39.9 Å². The Bertz CT molecular complexity index is 463. The molecule has 8 nitrogen and oxygen atoms in total. The Labute approximate surface area is 114 Å². The van der Waals surface area contributed by atoms with Gasteiger partial charge >= 0.3 is 0 Å². The zero-order chi connectivity index (χ0) is 14.7. The second-order valence-electron chi connectivity index (χ2n) is 4.44. The third-order valence-corrected chi connectivity index (χ3v) is 3.06. The molecule has 1 aliphatic heterocycles. The molecule has 20 heavy (non-hydrogen) atoms. The molecule has 0 spiro atoms. The van der Waals surface area contributed by atoms with Crippen LogP contribution in [0, 0.1) is 10.1 Å². The molecule has 3 N–H and O–H groups in total. The van der Waals surface area contributed by atoms with Crippen LogP contribution in [0.2, 0.25) is 0 Å². The van der Waals surface area contributed by atoms with Crippen LogP contribution in [0.3, 0.4) is 0 Å². The van der Waals surface area contributed by atoms with Gasteiger partial charge in [0, 0.05) is 12.1 Å². The van der Waals surface area contributed by atoms with E-state index in [0.29, 0.717) is 5.56 Å². The second-order valence-corrected chi connectivity index (χ2v) is 4.44. The molecule has 1 fully saturated rings. The lowest BCUT2D eigenvalue weighted by molar-refractivity contribution is -0.384. The Hall–Kier alpha value is -1.58. The number of aliphatic hydroxyl groups excluding tert-OH is 3. The maximum atomic E-state index is 10.5.